The van der Waals surface area contributed by atoms with Crippen LogP contribution in [-0.2, 0) is 11.3 Å². The van der Waals surface area contributed by atoms with Gasteiger partial charge in [0, 0.05) is 0 Å². The summed E-state index contributed by atoms with van der Waals surface area (Å²) in [5, 5.41) is 1.79. The van der Waals surface area contributed by atoms with Crippen LogP contribution in [0.4, 0.5) is 0 Å². The summed E-state index contributed by atoms with van der Waals surface area (Å²) in [6.45, 7) is 2.45. The number of rotatable bonds is 4. The molecule has 0 saturated heterocycles. The van der Waals surface area contributed by atoms with Crippen LogP contribution in [0.5, 0.6) is 0 Å². The van der Waals surface area contributed by atoms with E-state index >= 15 is 0 Å². The molecule has 1 aliphatic heterocycles. The molecule has 0 atom stereocenters. The van der Waals surface area contributed by atoms with Gasteiger partial charge >= 0.3 is 0 Å². The summed E-state index contributed by atoms with van der Waals surface area (Å²) in [5.74, 6) is 0. The quantitative estimate of drug-likeness (QED) is 0.718. The molecule has 0 aromatic heterocycles. The van der Waals surface area contributed by atoms with Gasteiger partial charge in [0.2, 0.25) is 0 Å². The van der Waals surface area contributed by atoms with Crippen LogP contribution in [0.1, 0.15) is 5.56 Å². The minimum absolute atomic E-state index is 0.718. The Morgan fingerprint density at radius 1 is 1.29 bits per heavy atom. The van der Waals surface area contributed by atoms with Gasteiger partial charge in [0.25, 0.3) is 0 Å². The second-order valence-corrected chi connectivity index (χ2v) is 3.23. The third-order valence-corrected chi connectivity index (χ3v) is 2.15. The van der Waals surface area contributed by atoms with E-state index in [4.69, 9.17) is 4.84 Å². The highest BCUT2D eigenvalue weighted by atomic mass is 16.7. The van der Waals surface area contributed by atoms with Crippen molar-refractivity contribution in [2.24, 2.45) is 4.99 Å². The van der Waals surface area contributed by atoms with Crippen LogP contribution in [0.2, 0.25) is 0 Å². The monoisotopic (exact) mass is 190 g/mol. The molecule has 0 unspecified atom stereocenters. The number of aliphatic imine (C=N–C) groups is 1. The molecule has 0 fully saturated rings. The summed E-state index contributed by atoms with van der Waals surface area (Å²) in [4.78, 5) is 9.56. The molecule has 0 aliphatic carbocycles. The maximum absolute atomic E-state index is 5.49. The second kappa shape index (κ2) is 4.77. The lowest BCUT2D eigenvalue weighted by molar-refractivity contribution is -0.0853. The van der Waals surface area contributed by atoms with Crippen molar-refractivity contribution in [1.29, 1.82) is 0 Å². The maximum atomic E-state index is 5.49. The van der Waals surface area contributed by atoms with E-state index in [0.717, 1.165) is 26.1 Å². The molecule has 0 spiro atoms. The van der Waals surface area contributed by atoms with Crippen molar-refractivity contribution in [3.05, 3.63) is 35.9 Å². The van der Waals surface area contributed by atoms with E-state index in [9.17, 15) is 0 Å². The summed E-state index contributed by atoms with van der Waals surface area (Å²) >= 11 is 0. The van der Waals surface area contributed by atoms with Gasteiger partial charge in [-0.2, -0.15) is 0 Å². The highest BCUT2D eigenvalue weighted by molar-refractivity contribution is 5.55. The average Bonchev–Trinajstić information content (AvgIpc) is 2.72. The van der Waals surface area contributed by atoms with Crippen LogP contribution < -0.4 is 0 Å². The second-order valence-electron chi connectivity index (χ2n) is 3.23. The Morgan fingerprint density at radius 2 is 2.14 bits per heavy atom. The van der Waals surface area contributed by atoms with Gasteiger partial charge in [0.15, 0.2) is 0 Å². The number of hydroxylamine groups is 2. The molecule has 74 valence electrons. The Bertz CT molecular complexity index is 297. The Hall–Kier alpha value is -1.35. The molecule has 0 N–H and O–H groups in total. The predicted molar refractivity (Wildman–Crippen MR) is 56.2 cm³/mol. The first-order chi connectivity index (χ1) is 6.95. The van der Waals surface area contributed by atoms with E-state index in [1.165, 1.54) is 5.56 Å². The molecule has 2 rings (SSSR count). The van der Waals surface area contributed by atoms with Gasteiger partial charge in [0.05, 0.1) is 19.7 Å². The van der Waals surface area contributed by atoms with E-state index in [2.05, 4.69) is 17.1 Å². The molecule has 1 aromatic rings. The maximum Gasteiger partial charge on any atom is 0.110 e. The van der Waals surface area contributed by atoms with E-state index in [0.29, 0.717) is 0 Å². The smallest absolute Gasteiger partial charge is 0.110 e. The lowest BCUT2D eigenvalue weighted by atomic mass is 10.2. The Labute approximate surface area is 84.0 Å². The van der Waals surface area contributed by atoms with Crippen molar-refractivity contribution in [2.45, 2.75) is 6.42 Å². The number of benzene rings is 1. The summed E-state index contributed by atoms with van der Waals surface area (Å²) < 4.78 is 0. The highest BCUT2D eigenvalue weighted by Gasteiger charge is 2.04. The fourth-order valence-corrected chi connectivity index (χ4v) is 1.39. The molecular formula is C11H14N2O. The first kappa shape index (κ1) is 9.21. The van der Waals surface area contributed by atoms with E-state index in [-0.39, 0.29) is 0 Å². The molecule has 1 aromatic carbocycles. The fraction of sp³-hybridized carbons (Fsp3) is 0.364. The van der Waals surface area contributed by atoms with Gasteiger partial charge in [-0.05, 0) is 12.0 Å². The Morgan fingerprint density at radius 3 is 2.86 bits per heavy atom. The number of hydrogen-bond donors (Lipinski definition) is 0. The molecule has 1 heterocycles. The Kier molecular flexibility index (Phi) is 3.14. The van der Waals surface area contributed by atoms with Gasteiger partial charge in [-0.15, -0.1) is 0 Å². The van der Waals surface area contributed by atoms with Crippen molar-refractivity contribution in [1.82, 2.24) is 5.06 Å². The van der Waals surface area contributed by atoms with Gasteiger partial charge in [-0.3, -0.25) is 9.83 Å². The van der Waals surface area contributed by atoms with Crippen molar-refractivity contribution >= 4 is 6.34 Å². The van der Waals surface area contributed by atoms with Crippen LogP contribution in [0, 0.1) is 0 Å². The molecule has 0 saturated carbocycles. The molecular weight excluding hydrogens is 176 g/mol. The summed E-state index contributed by atoms with van der Waals surface area (Å²) in [7, 11) is 0. The lowest BCUT2D eigenvalue weighted by Gasteiger charge is -2.13. The zero-order valence-electron chi connectivity index (χ0n) is 8.10. The number of nitrogens with zero attached hydrogens (tertiary/aromatic N) is 2. The van der Waals surface area contributed by atoms with Crippen LogP contribution in [0.3, 0.4) is 0 Å². The summed E-state index contributed by atoms with van der Waals surface area (Å²) in [5.41, 5.74) is 1.31. The number of hydrogen-bond acceptors (Lipinski definition) is 3. The third-order valence-electron chi connectivity index (χ3n) is 2.15. The van der Waals surface area contributed by atoms with Crippen molar-refractivity contribution in [3.8, 4) is 0 Å². The van der Waals surface area contributed by atoms with Crippen LogP contribution in [0.15, 0.2) is 35.3 Å². The minimum atomic E-state index is 0.718. The first-order valence-electron chi connectivity index (χ1n) is 4.88. The van der Waals surface area contributed by atoms with Crippen LogP contribution >= 0.6 is 0 Å². The van der Waals surface area contributed by atoms with E-state index in [1.807, 2.05) is 18.2 Å². The third kappa shape index (κ3) is 2.57. The minimum Gasteiger partial charge on any atom is -0.272 e. The molecule has 1 aliphatic rings. The van der Waals surface area contributed by atoms with Gasteiger partial charge in [0.1, 0.15) is 6.34 Å². The van der Waals surface area contributed by atoms with E-state index in [1.54, 1.807) is 11.4 Å². The van der Waals surface area contributed by atoms with Crippen LogP contribution in [0.25, 0.3) is 0 Å². The largest absolute Gasteiger partial charge is 0.272 e. The molecule has 0 bridgehead atoms. The molecule has 3 heteroatoms. The van der Waals surface area contributed by atoms with Gasteiger partial charge in [-0.25, -0.2) is 5.06 Å². The van der Waals surface area contributed by atoms with Crippen LogP contribution in [-0.4, -0.2) is 31.1 Å². The Balaban J connectivity index is 1.70. The average molecular weight is 190 g/mol. The standard InChI is InChI=1S/C11H14N2O/c1-2-4-11(5-3-1)6-9-14-13-8-7-12-10-13/h1-5,10H,6-9H2. The van der Waals surface area contributed by atoms with Crippen molar-refractivity contribution in [2.75, 3.05) is 19.7 Å². The summed E-state index contributed by atoms with van der Waals surface area (Å²) in [6, 6.07) is 10.3. The predicted octanol–water partition coefficient (Wildman–Crippen LogP) is 1.50. The summed E-state index contributed by atoms with van der Waals surface area (Å²) in [6.07, 6.45) is 2.70. The first-order valence-corrected chi connectivity index (χ1v) is 4.88. The fourth-order valence-electron chi connectivity index (χ4n) is 1.39. The van der Waals surface area contributed by atoms with Crippen molar-refractivity contribution < 1.29 is 4.84 Å². The van der Waals surface area contributed by atoms with Gasteiger partial charge in [-0.1, -0.05) is 30.3 Å². The SMILES string of the molecule is C1=NCCN1OCCc1ccccc1. The lowest BCUT2D eigenvalue weighted by Crippen LogP contribution is -2.21. The van der Waals surface area contributed by atoms with Gasteiger partial charge < -0.3 is 0 Å². The highest BCUT2D eigenvalue weighted by Crippen LogP contribution is 2.01. The van der Waals surface area contributed by atoms with Crippen molar-refractivity contribution in [3.63, 3.8) is 0 Å². The molecule has 3 nitrogen and oxygen atoms in total. The molecule has 0 radical (unpaired) electrons. The topological polar surface area (TPSA) is 24.8 Å². The zero-order valence-corrected chi connectivity index (χ0v) is 8.10. The normalized spacial score (nSPS) is 15.0. The zero-order chi connectivity index (χ0) is 9.64. The van der Waals surface area contributed by atoms with E-state index < -0.39 is 0 Å². The molecule has 0 amide bonds. The molecule has 14 heavy (non-hydrogen) atoms.